The van der Waals surface area contributed by atoms with E-state index >= 15 is 0 Å². The Labute approximate surface area is 108 Å². The molecule has 0 amide bonds. The third-order valence-electron chi connectivity index (χ3n) is 3.93. The second-order valence-corrected chi connectivity index (χ2v) is 5.65. The lowest BCUT2D eigenvalue weighted by Crippen LogP contribution is -2.21. The highest BCUT2D eigenvalue weighted by Crippen LogP contribution is 2.41. The Balaban J connectivity index is 2.18. The van der Waals surface area contributed by atoms with Crippen LogP contribution in [-0.2, 0) is 0 Å². The first kappa shape index (κ1) is 11.7. The fourth-order valence-electron chi connectivity index (χ4n) is 2.72. The Kier molecular flexibility index (Phi) is 2.86. The van der Waals surface area contributed by atoms with Gasteiger partial charge in [-0.1, -0.05) is 26.0 Å². The molecular formula is C15H21N3. The maximum Gasteiger partial charge on any atom is 0.114 e. The number of nitrogens with zero attached hydrogens (tertiary/aromatic N) is 2. The molecule has 2 aromatic rings. The Morgan fingerprint density at radius 1 is 1.33 bits per heavy atom. The number of aromatic nitrogens is 2. The zero-order valence-electron chi connectivity index (χ0n) is 11.1. The highest BCUT2D eigenvalue weighted by molar-refractivity contribution is 5.76. The Bertz CT molecular complexity index is 552. The van der Waals surface area contributed by atoms with Gasteiger partial charge in [-0.2, -0.15) is 0 Å². The molecule has 1 heterocycles. The van der Waals surface area contributed by atoms with Gasteiger partial charge in [0.15, 0.2) is 0 Å². The van der Waals surface area contributed by atoms with Gasteiger partial charge in [-0.25, -0.2) is 4.98 Å². The topological polar surface area (TPSA) is 43.8 Å². The van der Waals surface area contributed by atoms with Gasteiger partial charge in [0, 0.05) is 18.5 Å². The first-order valence-electron chi connectivity index (χ1n) is 6.89. The summed E-state index contributed by atoms with van der Waals surface area (Å²) >= 11 is 0. The van der Waals surface area contributed by atoms with Crippen LogP contribution in [0.5, 0.6) is 0 Å². The summed E-state index contributed by atoms with van der Waals surface area (Å²) in [4.78, 5) is 4.85. The van der Waals surface area contributed by atoms with E-state index in [1.165, 1.54) is 24.2 Å². The van der Waals surface area contributed by atoms with E-state index in [1.807, 2.05) is 0 Å². The van der Waals surface area contributed by atoms with Crippen LogP contribution in [0.2, 0.25) is 0 Å². The van der Waals surface area contributed by atoms with E-state index in [0.29, 0.717) is 24.4 Å². The summed E-state index contributed by atoms with van der Waals surface area (Å²) in [5.74, 6) is 2.08. The summed E-state index contributed by atoms with van der Waals surface area (Å²) in [6.07, 6.45) is 2.56. The number of nitrogens with two attached hydrogens (primary N) is 1. The van der Waals surface area contributed by atoms with Gasteiger partial charge in [-0.3, -0.25) is 0 Å². The van der Waals surface area contributed by atoms with Crippen molar-refractivity contribution in [1.29, 1.82) is 0 Å². The van der Waals surface area contributed by atoms with Gasteiger partial charge in [-0.15, -0.1) is 0 Å². The lowest BCUT2D eigenvalue weighted by Gasteiger charge is -2.20. The van der Waals surface area contributed by atoms with Gasteiger partial charge < -0.3 is 10.3 Å². The van der Waals surface area contributed by atoms with E-state index < -0.39 is 0 Å². The second-order valence-electron chi connectivity index (χ2n) is 5.65. The minimum Gasteiger partial charge on any atom is -0.330 e. The van der Waals surface area contributed by atoms with E-state index in [2.05, 4.69) is 42.7 Å². The molecule has 2 N–H and O–H groups in total. The highest BCUT2D eigenvalue weighted by Gasteiger charge is 2.31. The molecule has 18 heavy (non-hydrogen) atoms. The standard InChI is InChI=1S/C15H21N3/c1-10(2)12(9-16)15-17-13-5-3-4-6-14(13)18(15)11-7-8-11/h3-6,10-12H,7-9,16H2,1-2H3. The Morgan fingerprint density at radius 3 is 2.67 bits per heavy atom. The van der Waals surface area contributed by atoms with Crippen molar-refractivity contribution < 1.29 is 0 Å². The van der Waals surface area contributed by atoms with E-state index in [1.54, 1.807) is 0 Å². The first-order valence-corrected chi connectivity index (χ1v) is 6.89. The highest BCUT2D eigenvalue weighted by atomic mass is 15.1. The second kappa shape index (κ2) is 4.39. The Hall–Kier alpha value is -1.35. The summed E-state index contributed by atoms with van der Waals surface area (Å²) in [6, 6.07) is 9.09. The number of fused-ring (bicyclic) bond motifs is 1. The molecule has 0 radical (unpaired) electrons. The van der Waals surface area contributed by atoms with Crippen LogP contribution in [0.4, 0.5) is 0 Å². The lowest BCUT2D eigenvalue weighted by molar-refractivity contribution is 0.464. The lowest BCUT2D eigenvalue weighted by atomic mass is 9.95. The number of benzene rings is 1. The van der Waals surface area contributed by atoms with Gasteiger partial charge in [0.25, 0.3) is 0 Å². The molecule has 1 unspecified atom stereocenters. The molecule has 1 saturated carbocycles. The largest absolute Gasteiger partial charge is 0.330 e. The van der Waals surface area contributed by atoms with Gasteiger partial charge in [0.2, 0.25) is 0 Å². The monoisotopic (exact) mass is 243 g/mol. The van der Waals surface area contributed by atoms with Crippen LogP contribution in [0.3, 0.4) is 0 Å². The maximum atomic E-state index is 5.96. The summed E-state index contributed by atoms with van der Waals surface area (Å²) in [6.45, 7) is 5.13. The van der Waals surface area contributed by atoms with Gasteiger partial charge in [-0.05, 0) is 30.9 Å². The van der Waals surface area contributed by atoms with Crippen molar-refractivity contribution >= 4 is 11.0 Å². The SMILES string of the molecule is CC(C)C(CN)c1nc2ccccc2n1C1CC1. The molecule has 1 aliphatic carbocycles. The third-order valence-corrected chi connectivity index (χ3v) is 3.93. The molecule has 1 aromatic heterocycles. The van der Waals surface area contributed by atoms with Crippen LogP contribution >= 0.6 is 0 Å². The summed E-state index contributed by atoms with van der Waals surface area (Å²) in [5, 5.41) is 0. The van der Waals surface area contributed by atoms with Crippen LogP contribution in [0.25, 0.3) is 11.0 Å². The average Bonchev–Trinajstić information content (AvgIpc) is 3.11. The minimum absolute atomic E-state index is 0.359. The van der Waals surface area contributed by atoms with Crippen molar-refractivity contribution in [2.24, 2.45) is 11.7 Å². The molecule has 3 heteroatoms. The molecule has 3 nitrogen and oxygen atoms in total. The number of para-hydroxylation sites is 2. The molecule has 1 atom stereocenters. The molecule has 0 bridgehead atoms. The van der Waals surface area contributed by atoms with Crippen molar-refractivity contribution in [3.8, 4) is 0 Å². The molecule has 0 saturated heterocycles. The molecule has 3 rings (SSSR count). The van der Waals surface area contributed by atoms with Gasteiger partial charge in [0.1, 0.15) is 5.82 Å². The number of hydrogen-bond acceptors (Lipinski definition) is 2. The quantitative estimate of drug-likeness (QED) is 0.896. The molecular weight excluding hydrogens is 222 g/mol. The van der Waals surface area contributed by atoms with E-state index in [4.69, 9.17) is 10.7 Å². The van der Waals surface area contributed by atoms with Crippen LogP contribution in [0, 0.1) is 5.92 Å². The molecule has 1 aromatic carbocycles. The van der Waals surface area contributed by atoms with Crippen LogP contribution in [-0.4, -0.2) is 16.1 Å². The fraction of sp³-hybridized carbons (Fsp3) is 0.533. The number of hydrogen-bond donors (Lipinski definition) is 1. The summed E-state index contributed by atoms with van der Waals surface area (Å²) < 4.78 is 2.44. The van der Waals surface area contributed by atoms with E-state index in [0.717, 1.165) is 5.52 Å². The van der Waals surface area contributed by atoms with Crippen LogP contribution in [0.1, 0.15) is 44.5 Å². The van der Waals surface area contributed by atoms with Crippen molar-refractivity contribution in [2.45, 2.75) is 38.6 Å². The van der Waals surface area contributed by atoms with Crippen LogP contribution in [0.15, 0.2) is 24.3 Å². The summed E-state index contributed by atoms with van der Waals surface area (Å²) in [7, 11) is 0. The van der Waals surface area contributed by atoms with Crippen molar-refractivity contribution in [3.63, 3.8) is 0 Å². The Morgan fingerprint density at radius 2 is 2.06 bits per heavy atom. The van der Waals surface area contributed by atoms with Gasteiger partial charge in [0.05, 0.1) is 11.0 Å². The zero-order valence-corrected chi connectivity index (χ0v) is 11.1. The number of rotatable bonds is 4. The minimum atomic E-state index is 0.359. The number of imidazole rings is 1. The van der Waals surface area contributed by atoms with Crippen LogP contribution < -0.4 is 5.73 Å². The van der Waals surface area contributed by atoms with Crippen molar-refractivity contribution in [3.05, 3.63) is 30.1 Å². The maximum absolute atomic E-state index is 5.96. The smallest absolute Gasteiger partial charge is 0.114 e. The summed E-state index contributed by atoms with van der Waals surface area (Å²) in [5.41, 5.74) is 8.35. The van der Waals surface area contributed by atoms with Crippen molar-refractivity contribution in [2.75, 3.05) is 6.54 Å². The normalized spacial score (nSPS) is 17.6. The van der Waals surface area contributed by atoms with Crippen molar-refractivity contribution in [1.82, 2.24) is 9.55 Å². The molecule has 96 valence electrons. The molecule has 0 spiro atoms. The first-order chi connectivity index (χ1) is 8.72. The van der Waals surface area contributed by atoms with Gasteiger partial charge >= 0.3 is 0 Å². The third kappa shape index (κ3) is 1.83. The molecule has 0 aliphatic heterocycles. The molecule has 1 fully saturated rings. The van der Waals surface area contributed by atoms with E-state index in [9.17, 15) is 0 Å². The predicted molar refractivity (Wildman–Crippen MR) is 74.6 cm³/mol. The predicted octanol–water partition coefficient (Wildman–Crippen LogP) is 3.07. The molecule has 1 aliphatic rings. The van der Waals surface area contributed by atoms with E-state index in [-0.39, 0.29) is 0 Å². The zero-order chi connectivity index (χ0) is 12.7. The fourth-order valence-corrected chi connectivity index (χ4v) is 2.72. The average molecular weight is 243 g/mol.